The molecule has 26 heavy (non-hydrogen) atoms. The summed E-state index contributed by atoms with van der Waals surface area (Å²) in [5.41, 5.74) is 0.458. The molecule has 0 amide bonds. The number of ether oxygens (including phenoxy) is 1. The molecule has 1 aromatic carbocycles. The zero-order chi connectivity index (χ0) is 19.3. The third-order valence-electron chi connectivity index (χ3n) is 4.22. The average Bonchev–Trinajstić information content (AvgIpc) is 3.37. The summed E-state index contributed by atoms with van der Waals surface area (Å²) in [5, 5.41) is 8.73. The second-order valence-corrected chi connectivity index (χ2v) is 8.13. The van der Waals surface area contributed by atoms with Crippen molar-refractivity contribution in [2.75, 3.05) is 19.7 Å². The van der Waals surface area contributed by atoms with E-state index in [1.54, 1.807) is 19.9 Å². The molecule has 1 aliphatic rings. The van der Waals surface area contributed by atoms with E-state index in [9.17, 15) is 17.6 Å². The highest BCUT2D eigenvalue weighted by molar-refractivity contribution is 7.87. The maximum atomic E-state index is 14.2. The molecule has 0 spiro atoms. The highest BCUT2D eigenvalue weighted by Gasteiger charge is 2.25. The van der Waals surface area contributed by atoms with Crippen LogP contribution in [0.3, 0.4) is 0 Å². The lowest BCUT2D eigenvalue weighted by atomic mass is 10.1. The first-order valence-electron chi connectivity index (χ1n) is 8.64. The Balaban J connectivity index is 2.01. The van der Waals surface area contributed by atoms with E-state index in [4.69, 9.17) is 9.84 Å². The minimum absolute atomic E-state index is 0.129. The number of benzene rings is 1. The van der Waals surface area contributed by atoms with Crippen molar-refractivity contribution < 1.29 is 27.4 Å². The number of nitrogens with one attached hydrogen (secondary N) is 1. The van der Waals surface area contributed by atoms with Crippen LogP contribution in [-0.2, 0) is 15.0 Å². The molecule has 0 heterocycles. The van der Waals surface area contributed by atoms with E-state index >= 15 is 0 Å². The SMILES string of the molecule is CCN(CCC(=O)O)S(=O)(=O)NC(C)c1ccc(OCC2CC2)c(F)c1. The van der Waals surface area contributed by atoms with E-state index in [1.165, 1.54) is 12.1 Å². The van der Waals surface area contributed by atoms with Crippen LogP contribution >= 0.6 is 0 Å². The van der Waals surface area contributed by atoms with Crippen LogP contribution in [0.15, 0.2) is 18.2 Å². The number of carboxylic acids is 1. The number of halogens is 1. The van der Waals surface area contributed by atoms with Gasteiger partial charge in [0.2, 0.25) is 0 Å². The topological polar surface area (TPSA) is 95.9 Å². The smallest absolute Gasteiger partial charge is 0.304 e. The molecular formula is C17H25FN2O5S. The van der Waals surface area contributed by atoms with Gasteiger partial charge in [-0.15, -0.1) is 0 Å². The van der Waals surface area contributed by atoms with Gasteiger partial charge in [0, 0.05) is 19.1 Å². The fourth-order valence-electron chi connectivity index (χ4n) is 2.43. The lowest BCUT2D eigenvalue weighted by Crippen LogP contribution is -2.42. The number of nitrogens with zero attached hydrogens (tertiary/aromatic N) is 1. The summed E-state index contributed by atoms with van der Waals surface area (Å²) < 4.78 is 47.9. The van der Waals surface area contributed by atoms with Gasteiger partial charge in [0.15, 0.2) is 11.6 Å². The molecule has 1 atom stereocenters. The van der Waals surface area contributed by atoms with Crippen molar-refractivity contribution in [3.8, 4) is 5.75 Å². The van der Waals surface area contributed by atoms with E-state index in [2.05, 4.69) is 4.72 Å². The van der Waals surface area contributed by atoms with Gasteiger partial charge in [-0.05, 0) is 43.4 Å². The Bertz CT molecular complexity index is 737. The van der Waals surface area contributed by atoms with Gasteiger partial charge in [-0.25, -0.2) is 4.39 Å². The van der Waals surface area contributed by atoms with Crippen LogP contribution in [0.2, 0.25) is 0 Å². The van der Waals surface area contributed by atoms with Gasteiger partial charge in [-0.1, -0.05) is 13.0 Å². The minimum atomic E-state index is -3.89. The fourth-order valence-corrected chi connectivity index (χ4v) is 3.83. The predicted octanol–water partition coefficient (Wildman–Crippen LogP) is 2.31. The number of rotatable bonds is 11. The monoisotopic (exact) mass is 388 g/mol. The van der Waals surface area contributed by atoms with Gasteiger partial charge >= 0.3 is 5.97 Å². The molecule has 0 aromatic heterocycles. The molecule has 0 bridgehead atoms. The van der Waals surface area contributed by atoms with E-state index < -0.39 is 28.0 Å². The molecule has 1 aromatic rings. The van der Waals surface area contributed by atoms with Crippen molar-refractivity contribution in [2.24, 2.45) is 5.92 Å². The number of hydrogen-bond donors (Lipinski definition) is 2. The first-order valence-corrected chi connectivity index (χ1v) is 10.1. The van der Waals surface area contributed by atoms with Crippen LogP contribution in [0.25, 0.3) is 0 Å². The minimum Gasteiger partial charge on any atom is -0.490 e. The van der Waals surface area contributed by atoms with Gasteiger partial charge in [-0.2, -0.15) is 17.4 Å². The van der Waals surface area contributed by atoms with Crippen LogP contribution in [0.1, 0.15) is 44.7 Å². The predicted molar refractivity (Wildman–Crippen MR) is 94.6 cm³/mol. The van der Waals surface area contributed by atoms with Gasteiger partial charge in [-0.3, -0.25) is 4.79 Å². The Hall–Kier alpha value is -1.71. The largest absolute Gasteiger partial charge is 0.490 e. The zero-order valence-corrected chi connectivity index (χ0v) is 15.8. The quantitative estimate of drug-likeness (QED) is 0.606. The Labute approximate surface area is 153 Å². The van der Waals surface area contributed by atoms with Crippen LogP contribution in [0.5, 0.6) is 5.75 Å². The van der Waals surface area contributed by atoms with Crippen LogP contribution in [0, 0.1) is 11.7 Å². The summed E-state index contributed by atoms with van der Waals surface area (Å²) in [6.45, 7) is 3.72. The number of carboxylic acid groups (broad SMARTS) is 1. The van der Waals surface area contributed by atoms with E-state index in [1.807, 2.05) is 0 Å². The van der Waals surface area contributed by atoms with Crippen molar-refractivity contribution in [2.45, 2.75) is 39.2 Å². The molecular weight excluding hydrogens is 363 g/mol. The van der Waals surface area contributed by atoms with E-state index in [0.29, 0.717) is 18.1 Å². The molecule has 2 rings (SSSR count). The van der Waals surface area contributed by atoms with Crippen molar-refractivity contribution in [3.05, 3.63) is 29.6 Å². The lowest BCUT2D eigenvalue weighted by molar-refractivity contribution is -0.137. The third kappa shape index (κ3) is 5.93. The van der Waals surface area contributed by atoms with Crippen molar-refractivity contribution in [3.63, 3.8) is 0 Å². The Morgan fingerprint density at radius 2 is 2.15 bits per heavy atom. The summed E-state index contributed by atoms with van der Waals surface area (Å²) in [6.07, 6.45) is 1.92. The average molecular weight is 388 g/mol. The first-order chi connectivity index (χ1) is 12.2. The molecule has 1 fully saturated rings. The summed E-state index contributed by atoms with van der Waals surface area (Å²) >= 11 is 0. The molecule has 0 saturated heterocycles. The number of aliphatic carboxylic acids is 1. The van der Waals surface area contributed by atoms with Crippen molar-refractivity contribution in [1.82, 2.24) is 9.03 Å². The van der Waals surface area contributed by atoms with Crippen LogP contribution in [-0.4, -0.2) is 43.5 Å². The highest BCUT2D eigenvalue weighted by atomic mass is 32.2. The van der Waals surface area contributed by atoms with Gasteiger partial charge in [0.05, 0.1) is 13.0 Å². The van der Waals surface area contributed by atoms with E-state index in [-0.39, 0.29) is 25.3 Å². The molecule has 9 heteroatoms. The van der Waals surface area contributed by atoms with Crippen molar-refractivity contribution >= 4 is 16.2 Å². The summed E-state index contributed by atoms with van der Waals surface area (Å²) in [6, 6.07) is 3.69. The molecule has 0 radical (unpaired) electrons. The maximum absolute atomic E-state index is 14.2. The Morgan fingerprint density at radius 3 is 2.69 bits per heavy atom. The molecule has 7 nitrogen and oxygen atoms in total. The normalized spacial score (nSPS) is 15.8. The van der Waals surface area contributed by atoms with Gasteiger partial charge < -0.3 is 9.84 Å². The molecule has 1 unspecified atom stereocenters. The van der Waals surface area contributed by atoms with Gasteiger partial charge in [0.1, 0.15) is 0 Å². The summed E-state index contributed by atoms with van der Waals surface area (Å²) in [7, 11) is -3.89. The zero-order valence-electron chi connectivity index (χ0n) is 14.9. The number of hydrogen-bond acceptors (Lipinski definition) is 4. The van der Waals surface area contributed by atoms with Crippen LogP contribution in [0.4, 0.5) is 4.39 Å². The maximum Gasteiger partial charge on any atom is 0.304 e. The number of carbonyl (C=O) groups is 1. The van der Waals surface area contributed by atoms with Crippen molar-refractivity contribution in [1.29, 1.82) is 0 Å². The lowest BCUT2D eigenvalue weighted by Gasteiger charge is -2.23. The van der Waals surface area contributed by atoms with E-state index in [0.717, 1.165) is 17.1 Å². The Morgan fingerprint density at radius 1 is 1.46 bits per heavy atom. The second-order valence-electron chi connectivity index (χ2n) is 6.42. The molecule has 1 aliphatic carbocycles. The first kappa shape index (κ1) is 20.6. The Kier molecular flexibility index (Phi) is 6.96. The summed E-state index contributed by atoms with van der Waals surface area (Å²) in [4.78, 5) is 10.7. The second kappa shape index (κ2) is 8.79. The molecule has 146 valence electrons. The third-order valence-corrected chi connectivity index (χ3v) is 5.99. The summed E-state index contributed by atoms with van der Waals surface area (Å²) in [5.74, 6) is -0.944. The molecule has 1 saturated carbocycles. The highest BCUT2D eigenvalue weighted by Crippen LogP contribution is 2.30. The standard InChI is InChI=1S/C17H25FN2O5S/c1-3-20(9-8-17(21)22)26(23,24)19-12(2)14-6-7-16(15(18)10-14)25-11-13-4-5-13/h6-7,10,12-13,19H,3-5,8-9,11H2,1-2H3,(H,21,22). The molecule has 0 aliphatic heterocycles. The fraction of sp³-hybridized carbons (Fsp3) is 0.588. The van der Waals surface area contributed by atoms with Crippen LogP contribution < -0.4 is 9.46 Å². The van der Waals surface area contributed by atoms with Gasteiger partial charge in [0.25, 0.3) is 10.2 Å². The molecule has 2 N–H and O–H groups in total.